The summed E-state index contributed by atoms with van der Waals surface area (Å²) in [7, 11) is 0. The second-order valence-electron chi connectivity index (χ2n) is 8.43. The molecule has 1 aromatic heterocycles. The van der Waals surface area contributed by atoms with Crippen LogP contribution in [0, 0.1) is 0 Å². The monoisotopic (exact) mass is 587 g/mol. The highest BCUT2D eigenvalue weighted by Gasteiger charge is 2.52. The van der Waals surface area contributed by atoms with Crippen molar-refractivity contribution < 1.29 is 38.1 Å². The molecule has 1 saturated heterocycles. The number of ether oxygens (including phenoxy) is 4. The van der Waals surface area contributed by atoms with Crippen LogP contribution in [-0.2, 0) is 33.3 Å². The van der Waals surface area contributed by atoms with E-state index >= 15 is 0 Å². The van der Waals surface area contributed by atoms with E-state index in [0.29, 0.717) is 21.4 Å². The molecule has 1 aliphatic rings. The normalized spacial score (nSPS) is 22.9. The lowest BCUT2D eigenvalue weighted by Gasteiger charge is -2.44. The van der Waals surface area contributed by atoms with Gasteiger partial charge in [-0.05, 0) is 24.6 Å². The molecule has 3 rings (SSSR count). The fourth-order valence-electron chi connectivity index (χ4n) is 3.87. The Hall–Kier alpha value is -2.67. The number of Topliss-reactive ketones (excluding diaryl/α,β-unsaturated/α-hetero) is 1. The smallest absolute Gasteiger partial charge is 0.303 e. The topological polar surface area (TPSA) is 136 Å². The second kappa shape index (κ2) is 13.4. The van der Waals surface area contributed by atoms with Crippen LogP contribution in [0.3, 0.4) is 0 Å². The Morgan fingerprint density at radius 1 is 1.03 bits per heavy atom. The van der Waals surface area contributed by atoms with Crippen molar-refractivity contribution in [1.82, 2.24) is 15.0 Å². The Bertz CT molecular complexity index is 1190. The van der Waals surface area contributed by atoms with Crippen LogP contribution >= 0.6 is 35.0 Å². The number of hydrogen-bond donors (Lipinski definition) is 0. The molecule has 0 bridgehead atoms. The summed E-state index contributed by atoms with van der Waals surface area (Å²) in [5.74, 6) is -2.09. The first-order valence-corrected chi connectivity index (χ1v) is 13.3. The number of benzene rings is 1. The van der Waals surface area contributed by atoms with E-state index in [1.807, 2.05) is 6.92 Å². The zero-order valence-corrected chi connectivity index (χ0v) is 23.4. The summed E-state index contributed by atoms with van der Waals surface area (Å²) in [4.78, 5) is 49.0. The van der Waals surface area contributed by atoms with Gasteiger partial charge in [0.25, 0.3) is 0 Å². The molecule has 0 spiro atoms. The van der Waals surface area contributed by atoms with Crippen LogP contribution in [0.1, 0.15) is 57.1 Å². The molecule has 1 fully saturated rings. The van der Waals surface area contributed by atoms with E-state index in [2.05, 4.69) is 10.3 Å². The maximum absolute atomic E-state index is 12.5. The third kappa shape index (κ3) is 7.68. The third-order valence-corrected chi connectivity index (χ3v) is 7.27. The van der Waals surface area contributed by atoms with Crippen LogP contribution in [0.5, 0.6) is 0 Å². The van der Waals surface area contributed by atoms with Gasteiger partial charge in [0, 0.05) is 32.1 Å². The van der Waals surface area contributed by atoms with E-state index < -0.39 is 47.7 Å². The van der Waals surface area contributed by atoms with Gasteiger partial charge in [-0.15, -0.1) is 5.10 Å². The lowest BCUT2D eigenvalue weighted by Crippen LogP contribution is -2.57. The van der Waals surface area contributed by atoms with Gasteiger partial charge in [0.2, 0.25) is 0 Å². The van der Waals surface area contributed by atoms with Crippen molar-refractivity contribution in [2.45, 2.75) is 75.2 Å². The van der Waals surface area contributed by atoms with Gasteiger partial charge in [0.15, 0.2) is 18.0 Å². The third-order valence-electron chi connectivity index (χ3n) is 5.39. The minimum atomic E-state index is -1.13. The number of carbonyl (C=O) groups excluding carboxylic acids is 4. The standard InChI is InChI=1S/C24H27Cl2N3O8S/c1-5-6-19(33)18-10-29(28-27-18)21-22(35-13(3)31)20(11-34-12(2)30)37-24(23(21)36-14(4)32)38-15-7-8-16(25)17(26)9-15/h7-10,20-24H,5-6,11H2,1-4H3. The zero-order valence-electron chi connectivity index (χ0n) is 21.1. The molecule has 14 heteroatoms. The first-order chi connectivity index (χ1) is 18.0. The van der Waals surface area contributed by atoms with Gasteiger partial charge in [-0.25, -0.2) is 4.68 Å². The first-order valence-electron chi connectivity index (χ1n) is 11.7. The van der Waals surface area contributed by atoms with Crippen LogP contribution in [0.25, 0.3) is 0 Å². The SMILES string of the molecule is CCCC(=O)c1cn(C2C(OC(C)=O)C(COC(C)=O)OC(Sc3ccc(Cl)c(Cl)c3)C2OC(C)=O)nn1. The molecular weight excluding hydrogens is 561 g/mol. The summed E-state index contributed by atoms with van der Waals surface area (Å²) < 4.78 is 24.0. The molecule has 38 heavy (non-hydrogen) atoms. The molecule has 206 valence electrons. The summed E-state index contributed by atoms with van der Waals surface area (Å²) in [5, 5.41) is 8.75. The molecule has 2 aromatic rings. The van der Waals surface area contributed by atoms with Crippen LogP contribution < -0.4 is 0 Å². The van der Waals surface area contributed by atoms with E-state index in [-0.39, 0.29) is 24.5 Å². The maximum Gasteiger partial charge on any atom is 0.303 e. The van der Waals surface area contributed by atoms with Crippen LogP contribution in [0.4, 0.5) is 0 Å². The Morgan fingerprint density at radius 2 is 1.71 bits per heavy atom. The molecule has 1 aliphatic heterocycles. The number of hydrogen-bond acceptors (Lipinski definition) is 11. The van der Waals surface area contributed by atoms with Crippen molar-refractivity contribution in [3.8, 4) is 0 Å². The Morgan fingerprint density at radius 3 is 2.32 bits per heavy atom. The fraction of sp³-hybridized carbons (Fsp3) is 0.500. The Kier molecular flexibility index (Phi) is 10.5. The molecule has 5 unspecified atom stereocenters. The highest BCUT2D eigenvalue weighted by molar-refractivity contribution is 7.99. The van der Waals surface area contributed by atoms with Gasteiger partial charge >= 0.3 is 17.9 Å². The minimum Gasteiger partial charge on any atom is -0.463 e. The predicted octanol–water partition coefficient (Wildman–Crippen LogP) is 4.05. The van der Waals surface area contributed by atoms with E-state index in [0.717, 1.165) is 11.8 Å². The second-order valence-corrected chi connectivity index (χ2v) is 10.4. The van der Waals surface area contributed by atoms with Gasteiger partial charge in [-0.3, -0.25) is 19.2 Å². The van der Waals surface area contributed by atoms with Crippen molar-refractivity contribution >= 4 is 58.7 Å². The van der Waals surface area contributed by atoms with Crippen molar-refractivity contribution in [1.29, 1.82) is 0 Å². The number of aromatic nitrogens is 3. The minimum absolute atomic E-state index is 0.103. The Balaban J connectivity index is 2.10. The average molecular weight is 588 g/mol. The summed E-state index contributed by atoms with van der Waals surface area (Å²) in [6, 6.07) is 3.94. The van der Waals surface area contributed by atoms with Gasteiger partial charge in [0.1, 0.15) is 29.9 Å². The number of nitrogens with zero attached hydrogens (tertiary/aromatic N) is 3. The van der Waals surface area contributed by atoms with Gasteiger partial charge in [0.05, 0.1) is 16.2 Å². The molecule has 0 amide bonds. The number of rotatable bonds is 10. The highest BCUT2D eigenvalue weighted by Crippen LogP contribution is 2.42. The quantitative estimate of drug-likeness (QED) is 0.226. The largest absolute Gasteiger partial charge is 0.463 e. The van der Waals surface area contributed by atoms with Crippen molar-refractivity contribution in [2.24, 2.45) is 0 Å². The van der Waals surface area contributed by atoms with Crippen LogP contribution in [0.2, 0.25) is 10.0 Å². The summed E-state index contributed by atoms with van der Waals surface area (Å²) >= 11 is 13.4. The predicted molar refractivity (Wildman–Crippen MR) is 137 cm³/mol. The van der Waals surface area contributed by atoms with Crippen molar-refractivity contribution in [3.63, 3.8) is 0 Å². The Labute approximate surface area is 233 Å². The zero-order chi connectivity index (χ0) is 28.0. The first kappa shape index (κ1) is 29.9. The molecule has 11 nitrogen and oxygen atoms in total. The van der Waals surface area contributed by atoms with E-state index in [1.165, 1.54) is 31.6 Å². The highest BCUT2D eigenvalue weighted by atomic mass is 35.5. The number of thioether (sulfide) groups is 1. The molecule has 2 heterocycles. The fourth-order valence-corrected chi connectivity index (χ4v) is 5.38. The molecule has 0 aliphatic carbocycles. The van der Waals surface area contributed by atoms with Gasteiger partial charge in [-0.2, -0.15) is 0 Å². The summed E-state index contributed by atoms with van der Waals surface area (Å²) in [6.07, 6.45) is -0.914. The number of esters is 3. The molecular formula is C24H27Cl2N3O8S. The van der Waals surface area contributed by atoms with Crippen LogP contribution in [0.15, 0.2) is 29.3 Å². The van der Waals surface area contributed by atoms with Gasteiger partial charge in [-0.1, -0.05) is 47.1 Å². The molecule has 0 radical (unpaired) electrons. The van der Waals surface area contributed by atoms with E-state index in [4.69, 9.17) is 42.1 Å². The summed E-state index contributed by atoms with van der Waals surface area (Å²) in [5.41, 5.74) is -0.806. The van der Waals surface area contributed by atoms with Crippen molar-refractivity contribution in [2.75, 3.05) is 6.61 Å². The van der Waals surface area contributed by atoms with Crippen LogP contribution in [-0.4, -0.2) is 69.0 Å². The van der Waals surface area contributed by atoms with E-state index in [9.17, 15) is 19.2 Å². The lowest BCUT2D eigenvalue weighted by atomic mass is 9.96. The lowest BCUT2D eigenvalue weighted by molar-refractivity contribution is -0.212. The number of carbonyl (C=O) groups is 4. The van der Waals surface area contributed by atoms with Gasteiger partial charge < -0.3 is 18.9 Å². The molecule has 1 aromatic carbocycles. The van der Waals surface area contributed by atoms with Crippen molar-refractivity contribution in [3.05, 3.63) is 40.1 Å². The maximum atomic E-state index is 12.5. The van der Waals surface area contributed by atoms with E-state index in [1.54, 1.807) is 18.2 Å². The average Bonchev–Trinajstić information content (AvgIpc) is 3.31. The molecule has 0 saturated carbocycles. The number of halogens is 2. The number of ketones is 1. The summed E-state index contributed by atoms with van der Waals surface area (Å²) in [6.45, 7) is 5.24. The molecule has 5 atom stereocenters. The molecule has 0 N–H and O–H groups in total.